The third kappa shape index (κ3) is 3.90. The van der Waals surface area contributed by atoms with Gasteiger partial charge < -0.3 is 9.84 Å². The van der Waals surface area contributed by atoms with Crippen LogP contribution in [-0.4, -0.2) is 36.8 Å². The molecule has 0 spiro atoms. The van der Waals surface area contributed by atoms with E-state index in [-0.39, 0.29) is 6.10 Å². The summed E-state index contributed by atoms with van der Waals surface area (Å²) in [4.78, 5) is 2.07. The molecule has 1 rings (SSSR count). The summed E-state index contributed by atoms with van der Waals surface area (Å²) in [7, 11) is 3.66. The quantitative estimate of drug-likeness (QED) is 0.798. The number of ether oxygens (including phenoxy) is 1. The number of aliphatic hydroxyl groups excluding tert-OH is 1. The van der Waals surface area contributed by atoms with E-state index in [0.29, 0.717) is 6.54 Å². The third-order valence-electron chi connectivity index (χ3n) is 2.21. The standard InChI is InChI=1S/C12H19NO2/c1-10(14)8-13(2)9-11-6-4-5-7-12(11)15-3/h4-7,10,14H,8-9H2,1-3H3/t10-/m0/s1. The topological polar surface area (TPSA) is 32.7 Å². The summed E-state index contributed by atoms with van der Waals surface area (Å²) in [5.74, 6) is 0.898. The van der Waals surface area contributed by atoms with Crippen molar-refractivity contribution in [2.24, 2.45) is 0 Å². The highest BCUT2D eigenvalue weighted by Gasteiger charge is 2.07. The molecule has 0 aromatic heterocycles. The Kier molecular flexibility index (Phi) is 4.59. The number of benzene rings is 1. The number of likely N-dealkylation sites (N-methyl/N-ethyl adjacent to an activating group) is 1. The van der Waals surface area contributed by atoms with Crippen LogP contribution < -0.4 is 4.74 Å². The molecule has 0 amide bonds. The summed E-state index contributed by atoms with van der Waals surface area (Å²) >= 11 is 0. The maximum Gasteiger partial charge on any atom is 0.123 e. The minimum absolute atomic E-state index is 0.301. The Morgan fingerprint density at radius 3 is 2.67 bits per heavy atom. The SMILES string of the molecule is COc1ccccc1CN(C)C[C@H](C)O. The molecular weight excluding hydrogens is 190 g/mol. The smallest absolute Gasteiger partial charge is 0.123 e. The Hall–Kier alpha value is -1.06. The van der Waals surface area contributed by atoms with Crippen molar-refractivity contribution in [1.29, 1.82) is 0 Å². The number of rotatable bonds is 5. The van der Waals surface area contributed by atoms with Crippen LogP contribution in [0.1, 0.15) is 12.5 Å². The van der Waals surface area contributed by atoms with E-state index < -0.39 is 0 Å². The fraction of sp³-hybridized carbons (Fsp3) is 0.500. The Labute approximate surface area is 91.3 Å². The van der Waals surface area contributed by atoms with Gasteiger partial charge in [-0.2, -0.15) is 0 Å². The van der Waals surface area contributed by atoms with Crippen LogP contribution in [0.25, 0.3) is 0 Å². The summed E-state index contributed by atoms with van der Waals surface area (Å²) < 4.78 is 5.26. The van der Waals surface area contributed by atoms with E-state index in [2.05, 4.69) is 4.90 Å². The van der Waals surface area contributed by atoms with Crippen LogP contribution in [0.2, 0.25) is 0 Å². The number of nitrogens with zero attached hydrogens (tertiary/aromatic N) is 1. The fourth-order valence-electron chi connectivity index (χ4n) is 1.64. The second-order valence-electron chi connectivity index (χ2n) is 3.86. The van der Waals surface area contributed by atoms with E-state index >= 15 is 0 Å². The van der Waals surface area contributed by atoms with Crippen molar-refractivity contribution in [1.82, 2.24) is 4.90 Å². The van der Waals surface area contributed by atoms with Crippen LogP contribution in [0, 0.1) is 0 Å². The van der Waals surface area contributed by atoms with Gasteiger partial charge in [0.25, 0.3) is 0 Å². The van der Waals surface area contributed by atoms with Gasteiger partial charge in [0.15, 0.2) is 0 Å². The Balaban J connectivity index is 2.63. The van der Waals surface area contributed by atoms with Gasteiger partial charge in [-0.15, -0.1) is 0 Å². The molecule has 0 fully saturated rings. The average Bonchev–Trinajstić information content (AvgIpc) is 2.17. The van der Waals surface area contributed by atoms with Crippen molar-refractivity contribution in [3.05, 3.63) is 29.8 Å². The summed E-state index contributed by atoms with van der Waals surface area (Å²) in [6, 6.07) is 7.94. The summed E-state index contributed by atoms with van der Waals surface area (Å²) in [5, 5.41) is 9.25. The van der Waals surface area contributed by atoms with Crippen molar-refractivity contribution >= 4 is 0 Å². The maximum absolute atomic E-state index is 9.25. The van der Waals surface area contributed by atoms with Gasteiger partial charge in [-0.3, -0.25) is 4.90 Å². The van der Waals surface area contributed by atoms with Crippen LogP contribution in [-0.2, 0) is 6.54 Å². The van der Waals surface area contributed by atoms with E-state index in [1.165, 1.54) is 0 Å². The molecule has 15 heavy (non-hydrogen) atoms. The lowest BCUT2D eigenvalue weighted by Gasteiger charge is -2.19. The van der Waals surface area contributed by atoms with E-state index in [0.717, 1.165) is 17.9 Å². The zero-order chi connectivity index (χ0) is 11.3. The van der Waals surface area contributed by atoms with Crippen LogP contribution >= 0.6 is 0 Å². The van der Waals surface area contributed by atoms with E-state index in [1.807, 2.05) is 31.3 Å². The maximum atomic E-state index is 9.25. The van der Waals surface area contributed by atoms with E-state index in [1.54, 1.807) is 14.0 Å². The zero-order valence-corrected chi connectivity index (χ0v) is 9.60. The molecule has 0 unspecified atom stereocenters. The van der Waals surface area contributed by atoms with Crippen LogP contribution in [0.5, 0.6) is 5.75 Å². The van der Waals surface area contributed by atoms with Gasteiger partial charge in [0.05, 0.1) is 13.2 Å². The molecule has 0 saturated heterocycles. The molecule has 1 atom stereocenters. The second-order valence-corrected chi connectivity index (χ2v) is 3.86. The van der Waals surface area contributed by atoms with Crippen molar-refractivity contribution in [3.63, 3.8) is 0 Å². The normalized spacial score (nSPS) is 12.9. The van der Waals surface area contributed by atoms with Crippen LogP contribution in [0.15, 0.2) is 24.3 Å². The highest BCUT2D eigenvalue weighted by atomic mass is 16.5. The third-order valence-corrected chi connectivity index (χ3v) is 2.21. The van der Waals surface area contributed by atoms with Crippen LogP contribution in [0.4, 0.5) is 0 Å². The van der Waals surface area contributed by atoms with E-state index in [9.17, 15) is 5.11 Å². The number of hydrogen-bond donors (Lipinski definition) is 1. The van der Waals surface area contributed by atoms with Gasteiger partial charge in [-0.25, -0.2) is 0 Å². The van der Waals surface area contributed by atoms with Gasteiger partial charge in [0.2, 0.25) is 0 Å². The van der Waals surface area contributed by atoms with Gasteiger partial charge in [-0.1, -0.05) is 18.2 Å². The molecule has 3 nitrogen and oxygen atoms in total. The molecular formula is C12H19NO2. The molecule has 0 aliphatic rings. The summed E-state index contributed by atoms with van der Waals surface area (Å²) in [6.45, 7) is 3.24. The monoisotopic (exact) mass is 209 g/mol. The van der Waals surface area contributed by atoms with Gasteiger partial charge >= 0.3 is 0 Å². The first kappa shape index (κ1) is 12.0. The minimum atomic E-state index is -0.301. The molecule has 84 valence electrons. The highest BCUT2D eigenvalue weighted by Crippen LogP contribution is 2.18. The predicted octanol–water partition coefficient (Wildman–Crippen LogP) is 1.51. The van der Waals surface area contributed by atoms with Gasteiger partial charge in [0, 0.05) is 18.7 Å². The van der Waals surface area contributed by atoms with Crippen molar-refractivity contribution in [3.8, 4) is 5.75 Å². The Morgan fingerprint density at radius 1 is 1.40 bits per heavy atom. The van der Waals surface area contributed by atoms with Crippen molar-refractivity contribution < 1.29 is 9.84 Å². The molecule has 3 heteroatoms. The molecule has 0 bridgehead atoms. The minimum Gasteiger partial charge on any atom is -0.496 e. The van der Waals surface area contributed by atoms with E-state index in [4.69, 9.17) is 4.74 Å². The second kappa shape index (κ2) is 5.73. The average molecular weight is 209 g/mol. The molecule has 0 heterocycles. The molecule has 0 radical (unpaired) electrons. The first-order valence-corrected chi connectivity index (χ1v) is 5.12. The van der Waals surface area contributed by atoms with Crippen molar-refractivity contribution in [2.75, 3.05) is 20.7 Å². The molecule has 0 aliphatic heterocycles. The summed E-state index contributed by atoms with van der Waals surface area (Å²) in [5.41, 5.74) is 1.14. The predicted molar refractivity (Wildman–Crippen MR) is 61.0 cm³/mol. The molecule has 1 N–H and O–H groups in total. The zero-order valence-electron chi connectivity index (χ0n) is 9.60. The lowest BCUT2D eigenvalue weighted by Crippen LogP contribution is -2.26. The van der Waals surface area contributed by atoms with Crippen molar-refractivity contribution in [2.45, 2.75) is 19.6 Å². The first-order chi connectivity index (χ1) is 7.13. The Bertz CT molecular complexity index is 299. The summed E-state index contributed by atoms with van der Waals surface area (Å²) in [6.07, 6.45) is -0.301. The lowest BCUT2D eigenvalue weighted by atomic mass is 10.2. The number of methoxy groups -OCH3 is 1. The number of hydrogen-bond acceptors (Lipinski definition) is 3. The van der Waals surface area contributed by atoms with Gasteiger partial charge in [-0.05, 0) is 20.0 Å². The molecule has 1 aromatic rings. The van der Waals surface area contributed by atoms with Crippen LogP contribution in [0.3, 0.4) is 0 Å². The Morgan fingerprint density at radius 2 is 2.07 bits per heavy atom. The first-order valence-electron chi connectivity index (χ1n) is 5.12. The largest absolute Gasteiger partial charge is 0.496 e. The molecule has 0 saturated carbocycles. The fourth-order valence-corrected chi connectivity index (χ4v) is 1.64. The number of aliphatic hydroxyl groups is 1. The lowest BCUT2D eigenvalue weighted by molar-refractivity contribution is 0.138. The van der Waals surface area contributed by atoms with Gasteiger partial charge in [0.1, 0.15) is 5.75 Å². The molecule has 1 aromatic carbocycles. The highest BCUT2D eigenvalue weighted by molar-refractivity contribution is 5.32. The number of para-hydroxylation sites is 1. The molecule has 0 aliphatic carbocycles.